The van der Waals surface area contributed by atoms with Gasteiger partial charge in [-0.1, -0.05) is 24.6 Å². The Kier molecular flexibility index (Phi) is 4.67. The molecule has 0 aromatic heterocycles. The minimum absolute atomic E-state index is 0.562. The fourth-order valence-electron chi connectivity index (χ4n) is 0.290. The third-order valence-electron chi connectivity index (χ3n) is 0.705. The van der Waals surface area contributed by atoms with E-state index in [4.69, 9.17) is 11.6 Å². The average Bonchev–Trinajstić information content (AvgIpc) is 1.83. The fourth-order valence-corrected chi connectivity index (χ4v) is 0.379. The summed E-state index contributed by atoms with van der Waals surface area (Å²) in [7, 11) is 1.67. The van der Waals surface area contributed by atoms with E-state index < -0.39 is 0 Å². The van der Waals surface area contributed by atoms with Crippen LogP contribution in [0.2, 0.25) is 0 Å². The van der Waals surface area contributed by atoms with E-state index in [9.17, 15) is 0 Å². The van der Waals surface area contributed by atoms with Crippen LogP contribution in [0.4, 0.5) is 0 Å². The third kappa shape index (κ3) is 3.88. The summed E-state index contributed by atoms with van der Waals surface area (Å²) in [5.74, 6) is 0. The quantitative estimate of drug-likeness (QED) is 0.510. The lowest BCUT2D eigenvalue weighted by atomic mass is 10.4. The highest BCUT2D eigenvalue weighted by Crippen LogP contribution is 1.88. The topological polar surface area (TPSA) is 12.4 Å². The van der Waals surface area contributed by atoms with Gasteiger partial charge in [-0.3, -0.25) is 4.99 Å². The minimum atomic E-state index is 0.562. The fraction of sp³-hybridized carbons (Fsp3) is 0.500. The standard InChI is InChI=1S/C6H10ClN/c1-3-4-5-6(7)8-2/h4-5H,3H2,1-2H3/b5-4-,8-6+. The first kappa shape index (κ1) is 7.70. The Bertz CT molecular complexity index is 105. The molecule has 0 amide bonds. The first-order valence-corrected chi connectivity index (χ1v) is 2.98. The summed E-state index contributed by atoms with van der Waals surface area (Å²) in [4.78, 5) is 3.72. The van der Waals surface area contributed by atoms with Crippen molar-refractivity contribution < 1.29 is 0 Å². The highest BCUT2D eigenvalue weighted by Gasteiger charge is 1.77. The van der Waals surface area contributed by atoms with Crippen molar-refractivity contribution in [2.75, 3.05) is 7.05 Å². The van der Waals surface area contributed by atoms with Gasteiger partial charge < -0.3 is 0 Å². The molecule has 0 aliphatic carbocycles. The van der Waals surface area contributed by atoms with Crippen LogP contribution in [0.25, 0.3) is 0 Å². The molecule has 2 heteroatoms. The summed E-state index contributed by atoms with van der Waals surface area (Å²) in [6.45, 7) is 2.05. The van der Waals surface area contributed by atoms with Crippen molar-refractivity contribution in [2.24, 2.45) is 4.99 Å². The molecule has 0 aliphatic rings. The van der Waals surface area contributed by atoms with Crippen LogP contribution in [0.1, 0.15) is 13.3 Å². The van der Waals surface area contributed by atoms with Crippen molar-refractivity contribution >= 4 is 16.8 Å². The van der Waals surface area contributed by atoms with Gasteiger partial charge in [0.2, 0.25) is 0 Å². The third-order valence-corrected chi connectivity index (χ3v) is 1.000. The summed E-state index contributed by atoms with van der Waals surface area (Å²) in [5.41, 5.74) is 0. The predicted molar refractivity (Wildman–Crippen MR) is 38.6 cm³/mol. The summed E-state index contributed by atoms with van der Waals surface area (Å²) in [6, 6.07) is 0. The molecule has 0 heterocycles. The minimum Gasteiger partial charge on any atom is -0.277 e. The van der Waals surface area contributed by atoms with E-state index in [0.29, 0.717) is 5.17 Å². The molecule has 0 bridgehead atoms. The molecule has 0 unspecified atom stereocenters. The molecule has 8 heavy (non-hydrogen) atoms. The number of nitrogens with zero attached hydrogens (tertiary/aromatic N) is 1. The molecule has 0 atom stereocenters. The van der Waals surface area contributed by atoms with Gasteiger partial charge in [-0.2, -0.15) is 0 Å². The summed E-state index contributed by atoms with van der Waals surface area (Å²) < 4.78 is 0. The molecule has 46 valence electrons. The number of halogens is 1. The Labute approximate surface area is 55.1 Å². The van der Waals surface area contributed by atoms with Crippen LogP contribution in [0.5, 0.6) is 0 Å². The lowest BCUT2D eigenvalue weighted by molar-refractivity contribution is 1.23. The summed E-state index contributed by atoms with van der Waals surface area (Å²) in [5, 5.41) is 0.562. The predicted octanol–water partition coefficient (Wildman–Crippen LogP) is 2.22. The molecule has 0 aliphatic heterocycles. The second-order valence-electron chi connectivity index (χ2n) is 1.36. The lowest BCUT2D eigenvalue weighted by Crippen LogP contribution is -1.75. The number of hydrogen-bond acceptors (Lipinski definition) is 1. The molecule has 0 aromatic rings. The molecule has 0 fully saturated rings. The van der Waals surface area contributed by atoms with Crippen LogP contribution in [-0.4, -0.2) is 12.2 Å². The molecule has 1 nitrogen and oxygen atoms in total. The smallest absolute Gasteiger partial charge is 0.122 e. The number of allylic oxidation sites excluding steroid dienone is 2. The largest absolute Gasteiger partial charge is 0.277 e. The van der Waals surface area contributed by atoms with E-state index in [2.05, 4.69) is 11.9 Å². The molecule has 0 spiro atoms. The van der Waals surface area contributed by atoms with Gasteiger partial charge in [-0.25, -0.2) is 0 Å². The second-order valence-corrected chi connectivity index (χ2v) is 1.74. The molecule has 0 N–H and O–H groups in total. The Morgan fingerprint density at radius 3 is 2.75 bits per heavy atom. The van der Waals surface area contributed by atoms with E-state index in [1.807, 2.05) is 6.08 Å². The zero-order chi connectivity index (χ0) is 6.41. The zero-order valence-electron chi connectivity index (χ0n) is 5.19. The van der Waals surface area contributed by atoms with Crippen molar-refractivity contribution in [3.63, 3.8) is 0 Å². The lowest BCUT2D eigenvalue weighted by Gasteiger charge is -1.80. The van der Waals surface area contributed by atoms with E-state index in [1.165, 1.54) is 0 Å². The first-order valence-electron chi connectivity index (χ1n) is 2.60. The summed E-state index contributed by atoms with van der Waals surface area (Å²) in [6.07, 6.45) is 4.77. The number of hydrogen-bond donors (Lipinski definition) is 0. The molecule has 0 aromatic carbocycles. The Morgan fingerprint density at radius 2 is 2.38 bits per heavy atom. The van der Waals surface area contributed by atoms with Crippen LogP contribution in [0, 0.1) is 0 Å². The van der Waals surface area contributed by atoms with Crippen LogP contribution in [0.3, 0.4) is 0 Å². The van der Waals surface area contributed by atoms with Crippen molar-refractivity contribution in [2.45, 2.75) is 13.3 Å². The SMILES string of the molecule is CC/C=C\C(Cl)=N/C. The highest BCUT2D eigenvalue weighted by atomic mass is 35.5. The molecule has 0 saturated carbocycles. The zero-order valence-corrected chi connectivity index (χ0v) is 5.94. The van der Waals surface area contributed by atoms with E-state index in [1.54, 1.807) is 13.1 Å². The first-order chi connectivity index (χ1) is 3.81. The Hall–Kier alpha value is -0.300. The maximum atomic E-state index is 5.51. The van der Waals surface area contributed by atoms with Crippen LogP contribution in [0.15, 0.2) is 17.1 Å². The number of rotatable bonds is 2. The van der Waals surface area contributed by atoms with E-state index in [0.717, 1.165) is 6.42 Å². The van der Waals surface area contributed by atoms with Gasteiger partial charge >= 0.3 is 0 Å². The van der Waals surface area contributed by atoms with Gasteiger partial charge in [0, 0.05) is 7.05 Å². The van der Waals surface area contributed by atoms with Crippen molar-refractivity contribution in [3.05, 3.63) is 12.2 Å². The highest BCUT2D eigenvalue weighted by molar-refractivity contribution is 6.68. The van der Waals surface area contributed by atoms with Crippen LogP contribution in [-0.2, 0) is 0 Å². The summed E-state index contributed by atoms with van der Waals surface area (Å²) >= 11 is 5.51. The van der Waals surface area contributed by atoms with Crippen molar-refractivity contribution in [1.29, 1.82) is 0 Å². The van der Waals surface area contributed by atoms with E-state index in [-0.39, 0.29) is 0 Å². The van der Waals surface area contributed by atoms with Crippen LogP contribution >= 0.6 is 11.6 Å². The average molecular weight is 132 g/mol. The van der Waals surface area contributed by atoms with E-state index >= 15 is 0 Å². The maximum Gasteiger partial charge on any atom is 0.122 e. The second kappa shape index (κ2) is 4.85. The van der Waals surface area contributed by atoms with Gasteiger partial charge in [0.25, 0.3) is 0 Å². The molecule has 0 rings (SSSR count). The number of aliphatic imine (C=N–C) groups is 1. The molecular formula is C6H10ClN. The monoisotopic (exact) mass is 131 g/mol. The van der Waals surface area contributed by atoms with Crippen molar-refractivity contribution in [3.8, 4) is 0 Å². The Balaban J connectivity index is 3.53. The molecule has 0 radical (unpaired) electrons. The maximum absolute atomic E-state index is 5.51. The normalized spacial score (nSPS) is 13.1. The van der Waals surface area contributed by atoms with Crippen LogP contribution < -0.4 is 0 Å². The van der Waals surface area contributed by atoms with Gasteiger partial charge in [0.05, 0.1) is 0 Å². The van der Waals surface area contributed by atoms with Gasteiger partial charge in [-0.15, -0.1) is 0 Å². The Morgan fingerprint density at radius 1 is 1.75 bits per heavy atom. The van der Waals surface area contributed by atoms with Gasteiger partial charge in [-0.05, 0) is 12.5 Å². The van der Waals surface area contributed by atoms with Gasteiger partial charge in [0.1, 0.15) is 5.17 Å². The van der Waals surface area contributed by atoms with Crippen molar-refractivity contribution in [1.82, 2.24) is 0 Å². The molecular weight excluding hydrogens is 122 g/mol. The molecule has 0 saturated heterocycles. The van der Waals surface area contributed by atoms with Gasteiger partial charge in [0.15, 0.2) is 0 Å².